The summed E-state index contributed by atoms with van der Waals surface area (Å²) >= 11 is 0. The molecule has 34 heavy (non-hydrogen) atoms. The summed E-state index contributed by atoms with van der Waals surface area (Å²) in [6.45, 7) is 4.43. The topological polar surface area (TPSA) is 82.9 Å². The Hall–Kier alpha value is -4.26. The van der Waals surface area contributed by atoms with Crippen LogP contribution in [0.3, 0.4) is 0 Å². The quantitative estimate of drug-likeness (QED) is 0.387. The highest BCUT2D eigenvalue weighted by molar-refractivity contribution is 5.77. The second-order valence-electron chi connectivity index (χ2n) is 8.39. The van der Waals surface area contributed by atoms with Crippen LogP contribution in [-0.4, -0.2) is 19.3 Å². The molecule has 0 aliphatic carbocycles. The number of para-hydroxylation sites is 1. The summed E-state index contributed by atoms with van der Waals surface area (Å²) in [5.74, 6) is 0.765. The number of hydrogen-bond donors (Lipinski definition) is 0. The molecule has 0 radical (unpaired) electrons. The average Bonchev–Trinajstić information content (AvgIpc) is 3.33. The molecule has 2 heterocycles. The van der Waals surface area contributed by atoms with Gasteiger partial charge >= 0.3 is 5.69 Å². The first kappa shape index (κ1) is 21.6. The van der Waals surface area contributed by atoms with E-state index in [0.717, 1.165) is 16.7 Å². The molecule has 0 spiro atoms. The average molecular weight is 453 g/mol. The van der Waals surface area contributed by atoms with Gasteiger partial charge in [-0.15, -0.1) is 0 Å². The van der Waals surface area contributed by atoms with Crippen molar-refractivity contribution in [2.75, 3.05) is 0 Å². The SMILES string of the molecule is Cc1ccc(-c2noc(Cn3c(=O)n(CCc4ccccc4)c(=O)c4ccccc43)n2)cc1C. The third-order valence-corrected chi connectivity index (χ3v) is 6.13. The molecule has 0 saturated heterocycles. The van der Waals surface area contributed by atoms with Gasteiger partial charge in [0.05, 0.1) is 10.9 Å². The minimum Gasteiger partial charge on any atom is -0.337 e. The Morgan fingerprint density at radius 2 is 1.62 bits per heavy atom. The van der Waals surface area contributed by atoms with Gasteiger partial charge < -0.3 is 4.52 Å². The van der Waals surface area contributed by atoms with Crippen molar-refractivity contribution >= 4 is 10.9 Å². The Labute approximate surface area is 195 Å². The third-order valence-electron chi connectivity index (χ3n) is 6.13. The van der Waals surface area contributed by atoms with Crippen molar-refractivity contribution in [1.29, 1.82) is 0 Å². The van der Waals surface area contributed by atoms with Gasteiger partial charge in [0.2, 0.25) is 11.7 Å². The van der Waals surface area contributed by atoms with E-state index in [1.54, 1.807) is 24.3 Å². The zero-order valence-electron chi connectivity index (χ0n) is 19.1. The highest BCUT2D eigenvalue weighted by Gasteiger charge is 2.16. The maximum atomic E-state index is 13.4. The highest BCUT2D eigenvalue weighted by atomic mass is 16.5. The van der Waals surface area contributed by atoms with Crippen LogP contribution in [0.1, 0.15) is 22.6 Å². The van der Waals surface area contributed by atoms with Crippen molar-refractivity contribution in [3.8, 4) is 11.4 Å². The number of aryl methyl sites for hydroxylation is 3. The van der Waals surface area contributed by atoms with Gasteiger partial charge in [-0.05, 0) is 55.2 Å². The van der Waals surface area contributed by atoms with Gasteiger partial charge in [-0.1, -0.05) is 59.8 Å². The van der Waals surface area contributed by atoms with Crippen molar-refractivity contribution in [1.82, 2.24) is 19.3 Å². The Morgan fingerprint density at radius 3 is 2.41 bits per heavy atom. The summed E-state index contributed by atoms with van der Waals surface area (Å²) < 4.78 is 8.30. The molecule has 7 heteroatoms. The minimum atomic E-state index is -0.398. The van der Waals surface area contributed by atoms with E-state index in [1.807, 2.05) is 62.4 Å². The zero-order chi connectivity index (χ0) is 23.7. The summed E-state index contributed by atoms with van der Waals surface area (Å²) in [5, 5.41) is 4.59. The van der Waals surface area contributed by atoms with Crippen molar-refractivity contribution < 1.29 is 4.52 Å². The molecule has 0 aliphatic rings. The van der Waals surface area contributed by atoms with Gasteiger partial charge in [-0.3, -0.25) is 13.9 Å². The fourth-order valence-electron chi connectivity index (χ4n) is 4.06. The van der Waals surface area contributed by atoms with Crippen LogP contribution in [0.15, 0.2) is 86.9 Å². The first-order valence-corrected chi connectivity index (χ1v) is 11.2. The van der Waals surface area contributed by atoms with Crippen LogP contribution in [-0.2, 0) is 19.5 Å². The molecule has 0 aliphatic heterocycles. The van der Waals surface area contributed by atoms with Crippen molar-refractivity contribution in [3.05, 3.63) is 116 Å². The number of nitrogens with zero attached hydrogens (tertiary/aromatic N) is 4. The molecule has 0 N–H and O–H groups in total. The minimum absolute atomic E-state index is 0.0722. The van der Waals surface area contributed by atoms with Crippen LogP contribution in [0.25, 0.3) is 22.3 Å². The molecular weight excluding hydrogens is 428 g/mol. The van der Waals surface area contributed by atoms with Crippen LogP contribution >= 0.6 is 0 Å². The van der Waals surface area contributed by atoms with Crippen molar-refractivity contribution in [2.24, 2.45) is 0 Å². The van der Waals surface area contributed by atoms with Gasteiger partial charge in [0.1, 0.15) is 6.54 Å². The van der Waals surface area contributed by atoms with E-state index >= 15 is 0 Å². The van der Waals surface area contributed by atoms with E-state index in [-0.39, 0.29) is 18.6 Å². The number of aromatic nitrogens is 4. The number of rotatable bonds is 6. The molecule has 0 atom stereocenters. The Kier molecular flexibility index (Phi) is 5.67. The largest absolute Gasteiger partial charge is 0.337 e. The lowest BCUT2D eigenvalue weighted by molar-refractivity contribution is 0.369. The molecule has 0 fully saturated rings. The lowest BCUT2D eigenvalue weighted by Crippen LogP contribution is -2.40. The first-order valence-electron chi connectivity index (χ1n) is 11.2. The maximum absolute atomic E-state index is 13.4. The zero-order valence-corrected chi connectivity index (χ0v) is 19.1. The van der Waals surface area contributed by atoms with Gasteiger partial charge in [-0.2, -0.15) is 4.98 Å². The van der Waals surface area contributed by atoms with Gasteiger partial charge in [0, 0.05) is 12.1 Å². The van der Waals surface area contributed by atoms with E-state index in [1.165, 1.54) is 14.7 Å². The molecule has 5 rings (SSSR count). The monoisotopic (exact) mass is 452 g/mol. The number of hydrogen-bond acceptors (Lipinski definition) is 5. The molecule has 0 amide bonds. The molecule has 0 bridgehead atoms. The van der Waals surface area contributed by atoms with Crippen LogP contribution in [0.4, 0.5) is 0 Å². The summed E-state index contributed by atoms with van der Waals surface area (Å²) in [6, 6.07) is 22.9. The molecular formula is C27H24N4O3. The van der Waals surface area contributed by atoms with Crippen LogP contribution in [0, 0.1) is 13.8 Å². The third kappa shape index (κ3) is 4.08. The normalized spacial score (nSPS) is 11.2. The second-order valence-corrected chi connectivity index (χ2v) is 8.39. The highest BCUT2D eigenvalue weighted by Crippen LogP contribution is 2.20. The summed E-state index contributed by atoms with van der Waals surface area (Å²) in [4.78, 5) is 31.1. The predicted molar refractivity (Wildman–Crippen MR) is 131 cm³/mol. The summed E-state index contributed by atoms with van der Waals surface area (Å²) in [5.41, 5.74) is 4.07. The van der Waals surface area contributed by atoms with E-state index in [9.17, 15) is 9.59 Å². The summed E-state index contributed by atoms with van der Waals surface area (Å²) in [6.07, 6.45) is 0.575. The van der Waals surface area contributed by atoms with Crippen LogP contribution < -0.4 is 11.2 Å². The molecule has 3 aromatic carbocycles. The molecule has 2 aromatic heterocycles. The molecule has 5 aromatic rings. The van der Waals surface area contributed by atoms with Crippen molar-refractivity contribution in [3.63, 3.8) is 0 Å². The van der Waals surface area contributed by atoms with E-state index < -0.39 is 5.69 Å². The fourth-order valence-corrected chi connectivity index (χ4v) is 4.06. The van der Waals surface area contributed by atoms with Crippen LogP contribution in [0.5, 0.6) is 0 Å². The molecule has 170 valence electrons. The van der Waals surface area contributed by atoms with Crippen LogP contribution in [0.2, 0.25) is 0 Å². The Bertz CT molecular complexity index is 1600. The van der Waals surface area contributed by atoms with Gasteiger partial charge in [-0.25, -0.2) is 4.79 Å². The van der Waals surface area contributed by atoms with Gasteiger partial charge in [0.15, 0.2) is 0 Å². The van der Waals surface area contributed by atoms with E-state index in [4.69, 9.17) is 4.52 Å². The summed E-state index contributed by atoms with van der Waals surface area (Å²) in [7, 11) is 0. The number of benzene rings is 3. The smallest absolute Gasteiger partial charge is 0.331 e. The maximum Gasteiger partial charge on any atom is 0.331 e. The van der Waals surface area contributed by atoms with E-state index in [0.29, 0.717) is 29.0 Å². The van der Waals surface area contributed by atoms with E-state index in [2.05, 4.69) is 10.1 Å². The predicted octanol–water partition coefficient (Wildman–Crippen LogP) is 4.12. The Morgan fingerprint density at radius 1 is 0.853 bits per heavy atom. The lowest BCUT2D eigenvalue weighted by Gasteiger charge is -2.12. The number of fused-ring (bicyclic) bond motifs is 1. The molecule has 0 unspecified atom stereocenters. The second kappa shape index (κ2) is 8.94. The Balaban J connectivity index is 1.53. The molecule has 0 saturated carbocycles. The first-order chi connectivity index (χ1) is 16.5. The lowest BCUT2D eigenvalue weighted by atomic mass is 10.1. The fraction of sp³-hybridized carbons (Fsp3) is 0.185. The standard InChI is InChI=1S/C27H24N4O3/c1-18-12-13-21(16-19(18)2)25-28-24(34-29-25)17-31-23-11-7-6-10-22(23)26(32)30(27(31)33)15-14-20-8-4-3-5-9-20/h3-13,16H,14-15,17H2,1-2H3. The van der Waals surface area contributed by atoms with Crippen molar-refractivity contribution in [2.45, 2.75) is 33.4 Å². The van der Waals surface area contributed by atoms with Gasteiger partial charge in [0.25, 0.3) is 5.56 Å². The molecule has 7 nitrogen and oxygen atoms in total.